The van der Waals surface area contributed by atoms with Gasteiger partial charge in [0.25, 0.3) is 0 Å². The highest BCUT2D eigenvalue weighted by molar-refractivity contribution is 7.92. The van der Waals surface area contributed by atoms with Crippen molar-refractivity contribution in [3.63, 3.8) is 0 Å². The number of hydrogen-bond donors (Lipinski definition) is 1. The number of esters is 1. The molecule has 8 heteroatoms. The summed E-state index contributed by atoms with van der Waals surface area (Å²) in [6, 6.07) is 0. The summed E-state index contributed by atoms with van der Waals surface area (Å²) in [4.78, 5) is 15.5. The average molecular weight is 292 g/mol. The molecule has 0 bridgehead atoms. The van der Waals surface area contributed by atoms with Crippen molar-refractivity contribution >= 4 is 32.5 Å². The lowest BCUT2D eigenvalue weighted by Crippen LogP contribution is -2.25. The van der Waals surface area contributed by atoms with E-state index in [0.29, 0.717) is 5.69 Å². The number of nitrogens with one attached hydrogen (secondary N) is 1. The lowest BCUT2D eigenvalue weighted by molar-refractivity contribution is -0.153. The number of sulfonamides is 1. The predicted molar refractivity (Wildman–Crippen MR) is 70.1 cm³/mol. The Bertz CT molecular complexity index is 528. The third-order valence-electron chi connectivity index (χ3n) is 1.57. The summed E-state index contributed by atoms with van der Waals surface area (Å²) in [5.74, 6) is -0.390. The zero-order valence-corrected chi connectivity index (χ0v) is 12.3. The first-order chi connectivity index (χ1) is 8.05. The van der Waals surface area contributed by atoms with E-state index in [4.69, 9.17) is 4.74 Å². The topological polar surface area (TPSA) is 85.4 Å². The molecule has 0 saturated heterocycles. The zero-order chi connectivity index (χ0) is 14.0. The Morgan fingerprint density at radius 1 is 1.50 bits per heavy atom. The van der Waals surface area contributed by atoms with E-state index < -0.39 is 21.6 Å². The SMILES string of the molecule is CC(C)(C)OC(=O)Cc1csc(NS(C)(=O)=O)n1. The van der Waals surface area contributed by atoms with E-state index in [1.807, 2.05) is 0 Å². The molecule has 0 fully saturated rings. The number of aromatic nitrogens is 1. The zero-order valence-electron chi connectivity index (χ0n) is 10.7. The number of hydrogen-bond acceptors (Lipinski definition) is 6. The van der Waals surface area contributed by atoms with Gasteiger partial charge >= 0.3 is 5.97 Å². The molecule has 0 spiro atoms. The van der Waals surface area contributed by atoms with Crippen molar-refractivity contribution in [2.75, 3.05) is 11.0 Å². The summed E-state index contributed by atoms with van der Waals surface area (Å²) in [5, 5.41) is 1.87. The molecule has 0 aromatic carbocycles. The van der Waals surface area contributed by atoms with Gasteiger partial charge in [-0.25, -0.2) is 13.4 Å². The van der Waals surface area contributed by atoms with E-state index >= 15 is 0 Å². The monoisotopic (exact) mass is 292 g/mol. The minimum Gasteiger partial charge on any atom is -0.460 e. The standard InChI is InChI=1S/C10H16N2O4S2/c1-10(2,3)16-8(13)5-7-6-17-9(11-7)12-18(4,14)15/h6H,5H2,1-4H3,(H,11,12). The summed E-state index contributed by atoms with van der Waals surface area (Å²) in [5.41, 5.74) is -0.0543. The molecule has 1 N–H and O–H groups in total. The van der Waals surface area contributed by atoms with Crippen LogP contribution in [0.5, 0.6) is 0 Å². The molecule has 18 heavy (non-hydrogen) atoms. The predicted octanol–water partition coefficient (Wildman–Crippen LogP) is 1.40. The van der Waals surface area contributed by atoms with Gasteiger partial charge in [-0.05, 0) is 20.8 Å². The molecule has 1 aromatic rings. The number of thiazole rings is 1. The molecule has 0 aliphatic rings. The second kappa shape index (κ2) is 5.23. The summed E-state index contributed by atoms with van der Waals surface area (Å²) in [7, 11) is -3.34. The minimum atomic E-state index is -3.34. The Balaban J connectivity index is 2.62. The summed E-state index contributed by atoms with van der Waals surface area (Å²) < 4.78 is 29.4. The van der Waals surface area contributed by atoms with Gasteiger partial charge in [-0.3, -0.25) is 9.52 Å². The van der Waals surface area contributed by atoms with Gasteiger partial charge < -0.3 is 4.74 Å². The lowest BCUT2D eigenvalue weighted by Gasteiger charge is -2.18. The van der Waals surface area contributed by atoms with Crippen molar-refractivity contribution in [1.82, 2.24) is 4.98 Å². The van der Waals surface area contributed by atoms with Crippen LogP contribution in [0.2, 0.25) is 0 Å². The molecular weight excluding hydrogens is 276 g/mol. The largest absolute Gasteiger partial charge is 0.460 e. The van der Waals surface area contributed by atoms with E-state index in [1.165, 1.54) is 0 Å². The van der Waals surface area contributed by atoms with Gasteiger partial charge in [0.15, 0.2) is 5.13 Å². The van der Waals surface area contributed by atoms with E-state index in [9.17, 15) is 13.2 Å². The average Bonchev–Trinajstić information content (AvgIpc) is 2.44. The molecule has 0 aliphatic carbocycles. The summed E-state index contributed by atoms with van der Waals surface area (Å²) >= 11 is 1.13. The fourth-order valence-corrected chi connectivity index (χ4v) is 2.68. The minimum absolute atomic E-state index is 0.0270. The van der Waals surface area contributed by atoms with Gasteiger partial charge in [0, 0.05) is 5.38 Å². The molecule has 0 amide bonds. The van der Waals surface area contributed by atoms with Crippen LogP contribution in [0, 0.1) is 0 Å². The summed E-state index contributed by atoms with van der Waals surface area (Å²) in [6.45, 7) is 5.34. The Kier molecular flexibility index (Phi) is 4.33. The third-order valence-corrected chi connectivity index (χ3v) is 3.07. The maximum absolute atomic E-state index is 11.5. The number of rotatable bonds is 4. The number of carbonyl (C=O) groups is 1. The highest BCUT2D eigenvalue weighted by atomic mass is 32.2. The summed E-state index contributed by atoms with van der Waals surface area (Å²) in [6.07, 6.45) is 1.07. The quantitative estimate of drug-likeness (QED) is 0.848. The van der Waals surface area contributed by atoms with Crippen LogP contribution in [0.25, 0.3) is 0 Å². The molecule has 1 aromatic heterocycles. The molecular formula is C10H16N2O4S2. The van der Waals surface area contributed by atoms with Gasteiger partial charge in [-0.1, -0.05) is 0 Å². The molecule has 0 aliphatic heterocycles. The Morgan fingerprint density at radius 3 is 2.61 bits per heavy atom. The van der Waals surface area contributed by atoms with Crippen LogP contribution < -0.4 is 4.72 Å². The first kappa shape index (κ1) is 14.9. The van der Waals surface area contributed by atoms with Crippen molar-refractivity contribution in [3.05, 3.63) is 11.1 Å². The van der Waals surface area contributed by atoms with Gasteiger partial charge in [-0.2, -0.15) is 0 Å². The highest BCUT2D eigenvalue weighted by Crippen LogP contribution is 2.18. The molecule has 0 unspecified atom stereocenters. The van der Waals surface area contributed by atoms with Crippen LogP contribution in [0.1, 0.15) is 26.5 Å². The fourth-order valence-electron chi connectivity index (χ4n) is 1.12. The van der Waals surface area contributed by atoms with E-state index in [0.717, 1.165) is 17.6 Å². The first-order valence-corrected chi connectivity index (χ1v) is 7.96. The van der Waals surface area contributed by atoms with Gasteiger partial charge in [-0.15, -0.1) is 11.3 Å². The maximum atomic E-state index is 11.5. The lowest BCUT2D eigenvalue weighted by atomic mass is 10.2. The Hall–Kier alpha value is -1.15. The second-order valence-electron chi connectivity index (χ2n) is 4.78. The van der Waals surface area contributed by atoms with Crippen molar-refractivity contribution in [2.24, 2.45) is 0 Å². The van der Waals surface area contributed by atoms with E-state index in [1.54, 1.807) is 26.2 Å². The normalized spacial score (nSPS) is 12.2. The molecule has 0 saturated carbocycles. The number of carbonyl (C=O) groups excluding carboxylic acids is 1. The van der Waals surface area contributed by atoms with Crippen LogP contribution in [-0.4, -0.2) is 31.2 Å². The van der Waals surface area contributed by atoms with Gasteiger partial charge in [0.05, 0.1) is 18.4 Å². The molecule has 6 nitrogen and oxygen atoms in total. The van der Waals surface area contributed by atoms with Crippen LogP contribution in [0.4, 0.5) is 5.13 Å². The van der Waals surface area contributed by atoms with Crippen molar-refractivity contribution in [2.45, 2.75) is 32.8 Å². The van der Waals surface area contributed by atoms with E-state index in [2.05, 4.69) is 9.71 Å². The number of nitrogens with zero attached hydrogens (tertiary/aromatic N) is 1. The second-order valence-corrected chi connectivity index (χ2v) is 7.39. The molecule has 1 rings (SSSR count). The van der Waals surface area contributed by atoms with Crippen molar-refractivity contribution < 1.29 is 17.9 Å². The molecule has 102 valence electrons. The first-order valence-electron chi connectivity index (χ1n) is 5.19. The number of ether oxygens (including phenoxy) is 1. The third kappa shape index (κ3) is 5.97. The Labute approximate surface area is 110 Å². The van der Waals surface area contributed by atoms with E-state index in [-0.39, 0.29) is 11.6 Å². The van der Waals surface area contributed by atoms with Crippen LogP contribution >= 0.6 is 11.3 Å². The maximum Gasteiger partial charge on any atom is 0.312 e. The highest BCUT2D eigenvalue weighted by Gasteiger charge is 2.18. The van der Waals surface area contributed by atoms with Crippen molar-refractivity contribution in [1.29, 1.82) is 0 Å². The van der Waals surface area contributed by atoms with Gasteiger partial charge in [0.2, 0.25) is 10.0 Å². The smallest absolute Gasteiger partial charge is 0.312 e. The number of anilines is 1. The molecule has 0 atom stereocenters. The Morgan fingerprint density at radius 2 is 2.11 bits per heavy atom. The molecule has 1 heterocycles. The van der Waals surface area contributed by atoms with Gasteiger partial charge in [0.1, 0.15) is 5.60 Å². The molecule has 0 radical (unpaired) electrons. The van der Waals surface area contributed by atoms with Crippen LogP contribution in [0.3, 0.4) is 0 Å². The fraction of sp³-hybridized carbons (Fsp3) is 0.600. The van der Waals surface area contributed by atoms with Crippen molar-refractivity contribution in [3.8, 4) is 0 Å². The van der Waals surface area contributed by atoms with Crippen LogP contribution in [-0.2, 0) is 26.0 Å². The van der Waals surface area contributed by atoms with Crippen LogP contribution in [0.15, 0.2) is 5.38 Å².